The predicted octanol–water partition coefficient (Wildman–Crippen LogP) is 4.60. The third kappa shape index (κ3) is 4.30. The van der Waals surface area contributed by atoms with Gasteiger partial charge in [-0.1, -0.05) is 36.4 Å². The number of carbonyl (C=O) groups is 1. The van der Waals surface area contributed by atoms with Crippen molar-refractivity contribution in [2.75, 3.05) is 16.2 Å². The second kappa shape index (κ2) is 8.45. The Morgan fingerprint density at radius 3 is 2.31 bits per heavy atom. The summed E-state index contributed by atoms with van der Waals surface area (Å²) < 4.78 is 41.7. The van der Waals surface area contributed by atoms with Crippen LogP contribution >= 0.6 is 0 Å². The van der Waals surface area contributed by atoms with Crippen molar-refractivity contribution >= 4 is 27.3 Å². The highest BCUT2D eigenvalue weighted by Crippen LogP contribution is 2.26. The minimum absolute atomic E-state index is 0.0296. The monoisotopic (exact) mass is 412 g/mol. The van der Waals surface area contributed by atoms with E-state index in [2.05, 4.69) is 5.32 Å². The minimum atomic E-state index is -3.89. The van der Waals surface area contributed by atoms with Crippen LogP contribution in [0.1, 0.15) is 22.8 Å². The van der Waals surface area contributed by atoms with E-state index in [0.717, 1.165) is 0 Å². The fraction of sp³-hybridized carbons (Fsp3) is 0.136. The smallest absolute Gasteiger partial charge is 0.264 e. The molecule has 0 saturated carbocycles. The highest BCUT2D eigenvalue weighted by atomic mass is 32.2. The number of hydrogen-bond donors (Lipinski definition) is 1. The van der Waals surface area contributed by atoms with E-state index in [1.54, 1.807) is 50.2 Å². The number of sulfonamides is 1. The van der Waals surface area contributed by atoms with Gasteiger partial charge in [-0.2, -0.15) is 0 Å². The zero-order valence-electron chi connectivity index (χ0n) is 16.1. The Morgan fingerprint density at radius 1 is 1.00 bits per heavy atom. The Labute approximate surface area is 169 Å². The largest absolute Gasteiger partial charge is 0.319 e. The molecule has 0 spiro atoms. The maximum atomic E-state index is 13.8. The van der Waals surface area contributed by atoms with Crippen LogP contribution in [0.4, 0.5) is 15.8 Å². The molecule has 3 rings (SSSR count). The molecular weight excluding hydrogens is 391 g/mol. The first-order chi connectivity index (χ1) is 13.8. The summed E-state index contributed by atoms with van der Waals surface area (Å²) in [5.41, 5.74) is 1.21. The van der Waals surface area contributed by atoms with Crippen LogP contribution in [0.5, 0.6) is 0 Å². The van der Waals surface area contributed by atoms with Crippen molar-refractivity contribution < 1.29 is 17.6 Å². The molecule has 7 heteroatoms. The van der Waals surface area contributed by atoms with E-state index in [4.69, 9.17) is 0 Å². The van der Waals surface area contributed by atoms with Crippen LogP contribution in [0.15, 0.2) is 77.7 Å². The summed E-state index contributed by atoms with van der Waals surface area (Å²) in [5.74, 6) is -1.16. The predicted molar refractivity (Wildman–Crippen MR) is 112 cm³/mol. The lowest BCUT2D eigenvalue weighted by Crippen LogP contribution is -2.31. The van der Waals surface area contributed by atoms with E-state index < -0.39 is 21.7 Å². The van der Waals surface area contributed by atoms with E-state index in [1.807, 2.05) is 6.07 Å². The lowest BCUT2D eigenvalue weighted by Gasteiger charge is -2.24. The normalized spacial score (nSPS) is 11.1. The first-order valence-electron chi connectivity index (χ1n) is 9.09. The molecule has 0 heterocycles. The number of aryl methyl sites for hydroxylation is 1. The summed E-state index contributed by atoms with van der Waals surface area (Å²) in [7, 11) is -3.89. The number of hydrogen-bond acceptors (Lipinski definition) is 3. The molecule has 3 aromatic rings. The van der Waals surface area contributed by atoms with Crippen LogP contribution in [-0.4, -0.2) is 20.9 Å². The maximum Gasteiger partial charge on any atom is 0.264 e. The number of anilines is 2. The van der Waals surface area contributed by atoms with Gasteiger partial charge in [0.15, 0.2) is 0 Å². The van der Waals surface area contributed by atoms with Gasteiger partial charge in [0.25, 0.3) is 15.9 Å². The fourth-order valence-corrected chi connectivity index (χ4v) is 4.71. The first-order valence-corrected chi connectivity index (χ1v) is 10.5. The molecule has 0 aromatic heterocycles. The zero-order valence-corrected chi connectivity index (χ0v) is 16.9. The molecule has 0 unspecified atom stereocenters. The number of nitrogens with one attached hydrogen (secondary N) is 1. The summed E-state index contributed by atoms with van der Waals surface area (Å²) in [6, 6.07) is 19.0. The minimum Gasteiger partial charge on any atom is -0.319 e. The molecular formula is C22H21FN2O3S. The van der Waals surface area contributed by atoms with Crippen LogP contribution in [0.3, 0.4) is 0 Å². The van der Waals surface area contributed by atoms with Crippen molar-refractivity contribution in [1.29, 1.82) is 0 Å². The molecule has 0 radical (unpaired) electrons. The topological polar surface area (TPSA) is 66.5 Å². The maximum absolute atomic E-state index is 13.8. The molecule has 29 heavy (non-hydrogen) atoms. The van der Waals surface area contributed by atoms with Gasteiger partial charge in [0, 0.05) is 12.1 Å². The van der Waals surface area contributed by atoms with Crippen LogP contribution in [-0.2, 0) is 10.0 Å². The molecule has 1 N–H and O–H groups in total. The third-order valence-corrected chi connectivity index (χ3v) is 6.52. The van der Waals surface area contributed by atoms with E-state index in [9.17, 15) is 17.6 Å². The lowest BCUT2D eigenvalue weighted by atomic mass is 10.1. The van der Waals surface area contributed by atoms with E-state index >= 15 is 0 Å². The highest BCUT2D eigenvalue weighted by molar-refractivity contribution is 7.92. The number of para-hydroxylation sites is 2. The second-order valence-corrected chi connectivity index (χ2v) is 8.25. The van der Waals surface area contributed by atoms with Crippen molar-refractivity contribution in [3.63, 3.8) is 0 Å². The molecule has 0 aliphatic carbocycles. The molecule has 5 nitrogen and oxygen atoms in total. The Kier molecular flexibility index (Phi) is 5.98. The van der Waals surface area contributed by atoms with Gasteiger partial charge in [0.05, 0.1) is 16.3 Å². The average Bonchev–Trinajstić information content (AvgIpc) is 2.71. The number of halogens is 1. The number of rotatable bonds is 6. The number of nitrogens with zero attached hydrogens (tertiary/aromatic N) is 1. The summed E-state index contributed by atoms with van der Waals surface area (Å²) in [4.78, 5) is 12.6. The standard InChI is InChI=1S/C22H21FN2O3S/c1-3-25(18-9-5-4-6-10-18)29(27,28)21-15-17(14-13-16(21)2)22(26)24-20-12-8-7-11-19(20)23/h4-15H,3H2,1-2H3,(H,24,26). The highest BCUT2D eigenvalue weighted by Gasteiger charge is 2.26. The van der Waals surface area contributed by atoms with Gasteiger partial charge in [-0.3, -0.25) is 9.10 Å². The Bertz CT molecular complexity index is 1130. The lowest BCUT2D eigenvalue weighted by molar-refractivity contribution is 0.102. The molecule has 0 saturated heterocycles. The first kappa shape index (κ1) is 20.5. The van der Waals surface area contributed by atoms with Crippen LogP contribution < -0.4 is 9.62 Å². The van der Waals surface area contributed by atoms with Crippen molar-refractivity contribution in [2.45, 2.75) is 18.7 Å². The fourth-order valence-electron chi connectivity index (χ4n) is 2.98. The van der Waals surface area contributed by atoms with Crippen LogP contribution in [0.2, 0.25) is 0 Å². The van der Waals surface area contributed by atoms with E-state index in [1.165, 1.54) is 34.6 Å². The van der Waals surface area contributed by atoms with E-state index in [-0.39, 0.29) is 22.7 Å². The summed E-state index contributed by atoms with van der Waals surface area (Å²) >= 11 is 0. The van der Waals surface area contributed by atoms with Gasteiger partial charge in [0.1, 0.15) is 5.82 Å². The van der Waals surface area contributed by atoms with Crippen molar-refractivity contribution in [1.82, 2.24) is 0 Å². The van der Waals surface area contributed by atoms with Gasteiger partial charge in [-0.25, -0.2) is 12.8 Å². The quantitative estimate of drug-likeness (QED) is 0.643. The summed E-state index contributed by atoms with van der Waals surface area (Å²) in [6.07, 6.45) is 0. The number of benzene rings is 3. The van der Waals surface area contributed by atoms with Gasteiger partial charge in [-0.15, -0.1) is 0 Å². The molecule has 150 valence electrons. The molecule has 0 bridgehead atoms. The molecule has 0 fully saturated rings. The van der Waals surface area contributed by atoms with Crippen LogP contribution in [0.25, 0.3) is 0 Å². The van der Waals surface area contributed by atoms with Gasteiger partial charge < -0.3 is 5.32 Å². The summed E-state index contributed by atoms with van der Waals surface area (Å²) in [5, 5.41) is 2.48. The summed E-state index contributed by atoms with van der Waals surface area (Å²) in [6.45, 7) is 3.65. The van der Waals surface area contributed by atoms with Crippen molar-refractivity contribution in [3.8, 4) is 0 Å². The van der Waals surface area contributed by atoms with Crippen molar-refractivity contribution in [2.24, 2.45) is 0 Å². The second-order valence-electron chi connectivity index (χ2n) is 6.42. The Hall–Kier alpha value is -3.19. The SMILES string of the molecule is CCN(c1ccccc1)S(=O)(=O)c1cc(C(=O)Nc2ccccc2F)ccc1C. The van der Waals surface area contributed by atoms with Gasteiger partial charge in [0.2, 0.25) is 0 Å². The van der Waals surface area contributed by atoms with E-state index in [0.29, 0.717) is 11.3 Å². The number of carbonyl (C=O) groups excluding carboxylic acids is 1. The Balaban J connectivity index is 1.98. The molecule has 0 aliphatic rings. The molecule has 1 amide bonds. The molecule has 0 aliphatic heterocycles. The van der Waals surface area contributed by atoms with Crippen LogP contribution in [0, 0.1) is 12.7 Å². The molecule has 3 aromatic carbocycles. The van der Waals surface area contributed by atoms with Gasteiger partial charge >= 0.3 is 0 Å². The molecule has 0 atom stereocenters. The van der Waals surface area contributed by atoms with Gasteiger partial charge in [-0.05, 0) is 55.8 Å². The zero-order chi connectivity index (χ0) is 21.0. The number of amides is 1. The van der Waals surface area contributed by atoms with Crippen molar-refractivity contribution in [3.05, 3.63) is 89.7 Å². The Morgan fingerprint density at radius 2 is 1.66 bits per heavy atom. The average molecular weight is 412 g/mol. The third-order valence-electron chi connectivity index (χ3n) is 4.47.